The number of ether oxygens (including phenoxy) is 1. The highest BCUT2D eigenvalue weighted by molar-refractivity contribution is 5.83. The molecule has 0 saturated heterocycles. The molecular formula is C29H29N5O3. The van der Waals surface area contributed by atoms with E-state index < -0.39 is 30.1 Å². The Balaban J connectivity index is 1.53. The average Bonchev–Trinajstić information content (AvgIpc) is 3.33. The molecule has 0 saturated carbocycles. The molecule has 8 nitrogen and oxygen atoms in total. The standard InChI is InChI=1S/C29H29N5O3/c30-17-27(33-26(28(31)35)15-20-9-3-1-4-10-20)25(16-22-18-32-24-14-8-7-13-23(22)24)34-29(36)37-19-21-11-5-2-6-12-21/h1-14,18,25-27,32-33H,15-16,19H2,(H2,31,35)(H,34,36)/t25-,26-,27-/m0/s1. The summed E-state index contributed by atoms with van der Waals surface area (Å²) in [6, 6.07) is 26.3. The van der Waals surface area contributed by atoms with Crippen molar-refractivity contribution in [1.29, 1.82) is 5.26 Å². The number of nitrogens with one attached hydrogen (secondary N) is 3. The molecule has 188 valence electrons. The largest absolute Gasteiger partial charge is 0.445 e. The zero-order valence-electron chi connectivity index (χ0n) is 20.3. The molecule has 1 heterocycles. The molecule has 0 aliphatic carbocycles. The van der Waals surface area contributed by atoms with Gasteiger partial charge < -0.3 is 20.8 Å². The van der Waals surface area contributed by atoms with E-state index in [9.17, 15) is 14.9 Å². The summed E-state index contributed by atoms with van der Waals surface area (Å²) >= 11 is 0. The maximum absolute atomic E-state index is 12.8. The Bertz CT molecular complexity index is 1360. The van der Waals surface area contributed by atoms with Gasteiger partial charge in [-0.3, -0.25) is 10.1 Å². The lowest BCUT2D eigenvalue weighted by Crippen LogP contribution is -2.56. The van der Waals surface area contributed by atoms with Gasteiger partial charge in [0.25, 0.3) is 0 Å². The Hall–Kier alpha value is -4.61. The van der Waals surface area contributed by atoms with E-state index in [4.69, 9.17) is 10.5 Å². The molecule has 0 fully saturated rings. The first-order valence-electron chi connectivity index (χ1n) is 12.0. The van der Waals surface area contributed by atoms with E-state index in [-0.39, 0.29) is 6.61 Å². The van der Waals surface area contributed by atoms with Crippen molar-refractivity contribution < 1.29 is 14.3 Å². The number of rotatable bonds is 11. The second-order valence-corrected chi connectivity index (χ2v) is 8.79. The number of carbonyl (C=O) groups is 2. The Kier molecular flexibility index (Phi) is 8.53. The molecule has 0 aliphatic heterocycles. The number of primary amides is 1. The highest BCUT2D eigenvalue weighted by Gasteiger charge is 2.29. The molecule has 0 bridgehead atoms. The van der Waals surface area contributed by atoms with Crippen molar-refractivity contribution >= 4 is 22.9 Å². The van der Waals surface area contributed by atoms with Crippen LogP contribution in [-0.2, 0) is 29.0 Å². The Morgan fingerprint density at radius 3 is 2.24 bits per heavy atom. The number of fused-ring (bicyclic) bond motifs is 1. The van der Waals surface area contributed by atoms with E-state index in [2.05, 4.69) is 21.7 Å². The fraction of sp³-hybridized carbons (Fsp3) is 0.207. The quantitative estimate of drug-likeness (QED) is 0.252. The molecule has 37 heavy (non-hydrogen) atoms. The lowest BCUT2D eigenvalue weighted by Gasteiger charge is -2.27. The highest BCUT2D eigenvalue weighted by Crippen LogP contribution is 2.20. The number of benzene rings is 3. The minimum Gasteiger partial charge on any atom is -0.445 e. The normalized spacial score (nSPS) is 13.3. The van der Waals surface area contributed by atoms with E-state index in [1.165, 1.54) is 0 Å². The monoisotopic (exact) mass is 495 g/mol. The van der Waals surface area contributed by atoms with Crippen LogP contribution in [0.25, 0.3) is 10.9 Å². The van der Waals surface area contributed by atoms with Crippen molar-refractivity contribution in [2.75, 3.05) is 0 Å². The molecule has 3 atom stereocenters. The van der Waals surface area contributed by atoms with Crippen LogP contribution in [0.1, 0.15) is 16.7 Å². The van der Waals surface area contributed by atoms with Crippen LogP contribution in [0.4, 0.5) is 4.79 Å². The van der Waals surface area contributed by atoms with Gasteiger partial charge in [0.05, 0.1) is 18.2 Å². The minimum absolute atomic E-state index is 0.0923. The third-order valence-corrected chi connectivity index (χ3v) is 6.18. The van der Waals surface area contributed by atoms with Gasteiger partial charge >= 0.3 is 6.09 Å². The predicted molar refractivity (Wildman–Crippen MR) is 141 cm³/mol. The summed E-state index contributed by atoms with van der Waals surface area (Å²) in [6.07, 6.45) is 1.84. The fourth-order valence-electron chi connectivity index (χ4n) is 4.26. The summed E-state index contributed by atoms with van der Waals surface area (Å²) in [7, 11) is 0. The van der Waals surface area contributed by atoms with Crippen LogP contribution in [0, 0.1) is 11.3 Å². The number of alkyl carbamates (subject to hydrolysis) is 1. The number of nitrogens with zero attached hydrogens (tertiary/aromatic N) is 1. The van der Waals surface area contributed by atoms with Crippen LogP contribution in [0.5, 0.6) is 0 Å². The summed E-state index contributed by atoms with van der Waals surface area (Å²) in [5.41, 5.74) is 9.30. The summed E-state index contributed by atoms with van der Waals surface area (Å²) in [6.45, 7) is 0.0923. The van der Waals surface area contributed by atoms with Crippen LogP contribution in [0.2, 0.25) is 0 Å². The van der Waals surface area contributed by atoms with Crippen LogP contribution in [0.3, 0.4) is 0 Å². The highest BCUT2D eigenvalue weighted by atomic mass is 16.5. The van der Waals surface area contributed by atoms with Crippen molar-refractivity contribution in [3.05, 3.63) is 108 Å². The molecule has 2 amide bonds. The van der Waals surface area contributed by atoms with Gasteiger partial charge in [-0.25, -0.2) is 4.79 Å². The molecule has 0 radical (unpaired) electrons. The third kappa shape index (κ3) is 6.97. The van der Waals surface area contributed by atoms with E-state index in [0.717, 1.165) is 27.6 Å². The lowest BCUT2D eigenvalue weighted by molar-refractivity contribution is -0.120. The zero-order valence-corrected chi connectivity index (χ0v) is 20.3. The van der Waals surface area contributed by atoms with Crippen LogP contribution in [0.15, 0.2) is 91.1 Å². The van der Waals surface area contributed by atoms with Crippen molar-refractivity contribution in [3.63, 3.8) is 0 Å². The maximum Gasteiger partial charge on any atom is 0.407 e. The van der Waals surface area contributed by atoms with Crippen LogP contribution >= 0.6 is 0 Å². The number of hydrogen-bond donors (Lipinski definition) is 4. The van der Waals surface area contributed by atoms with Crippen LogP contribution in [-0.4, -0.2) is 35.1 Å². The van der Waals surface area contributed by atoms with Gasteiger partial charge in [-0.15, -0.1) is 0 Å². The molecule has 1 aromatic heterocycles. The summed E-state index contributed by atoms with van der Waals surface area (Å²) in [5, 5.41) is 17.0. The predicted octanol–water partition coefficient (Wildman–Crippen LogP) is 3.58. The van der Waals surface area contributed by atoms with Gasteiger partial charge in [-0.2, -0.15) is 5.26 Å². The van der Waals surface area contributed by atoms with Crippen molar-refractivity contribution in [2.45, 2.75) is 37.6 Å². The summed E-state index contributed by atoms with van der Waals surface area (Å²) < 4.78 is 5.42. The van der Waals surface area contributed by atoms with Gasteiger partial charge in [0, 0.05) is 17.1 Å². The molecule has 8 heteroatoms. The number of carbonyl (C=O) groups excluding carboxylic acids is 2. The van der Waals surface area contributed by atoms with Gasteiger partial charge in [-0.05, 0) is 35.6 Å². The first kappa shape index (κ1) is 25.5. The second-order valence-electron chi connectivity index (χ2n) is 8.79. The SMILES string of the molecule is N#C[C@H](N[C@@H](Cc1ccccc1)C(N)=O)[C@H](Cc1c[nH]c2ccccc12)NC(=O)OCc1ccccc1. The molecule has 5 N–H and O–H groups in total. The summed E-state index contributed by atoms with van der Waals surface area (Å²) in [5.74, 6) is -0.582. The average molecular weight is 496 g/mol. The topological polar surface area (TPSA) is 133 Å². The molecule has 4 rings (SSSR count). The smallest absolute Gasteiger partial charge is 0.407 e. The Morgan fingerprint density at radius 1 is 0.919 bits per heavy atom. The Morgan fingerprint density at radius 2 is 1.57 bits per heavy atom. The van der Waals surface area contributed by atoms with E-state index >= 15 is 0 Å². The number of amides is 2. The number of para-hydroxylation sites is 1. The van der Waals surface area contributed by atoms with Gasteiger partial charge in [0.2, 0.25) is 5.91 Å². The second kappa shape index (κ2) is 12.4. The zero-order chi connectivity index (χ0) is 26.0. The Labute approximate surface area is 215 Å². The minimum atomic E-state index is -0.917. The molecule has 4 aromatic rings. The van der Waals surface area contributed by atoms with Crippen molar-refractivity contribution in [1.82, 2.24) is 15.6 Å². The molecule has 0 aliphatic rings. The number of nitriles is 1. The summed E-state index contributed by atoms with van der Waals surface area (Å²) in [4.78, 5) is 28.3. The number of aromatic amines is 1. The van der Waals surface area contributed by atoms with Crippen molar-refractivity contribution in [2.24, 2.45) is 5.73 Å². The molecular weight excluding hydrogens is 466 g/mol. The van der Waals surface area contributed by atoms with Gasteiger partial charge in [0.15, 0.2) is 0 Å². The molecule has 0 unspecified atom stereocenters. The van der Waals surface area contributed by atoms with Gasteiger partial charge in [0.1, 0.15) is 12.6 Å². The van der Waals surface area contributed by atoms with Crippen molar-refractivity contribution in [3.8, 4) is 6.07 Å². The third-order valence-electron chi connectivity index (χ3n) is 6.18. The van der Waals surface area contributed by atoms with Crippen LogP contribution < -0.4 is 16.4 Å². The van der Waals surface area contributed by atoms with Gasteiger partial charge in [-0.1, -0.05) is 78.9 Å². The number of nitrogens with two attached hydrogens (primary N) is 1. The number of hydrogen-bond acceptors (Lipinski definition) is 5. The van der Waals surface area contributed by atoms with E-state index in [1.807, 2.05) is 91.1 Å². The maximum atomic E-state index is 12.8. The molecule has 3 aromatic carbocycles. The van der Waals surface area contributed by atoms with E-state index in [0.29, 0.717) is 12.8 Å². The lowest BCUT2D eigenvalue weighted by atomic mass is 9.97. The molecule has 0 spiro atoms. The first-order chi connectivity index (χ1) is 18.0. The number of H-pyrrole nitrogens is 1. The number of aromatic nitrogens is 1. The first-order valence-corrected chi connectivity index (χ1v) is 12.0. The fourth-order valence-corrected chi connectivity index (χ4v) is 4.26. The van der Waals surface area contributed by atoms with E-state index in [1.54, 1.807) is 0 Å².